The second kappa shape index (κ2) is 7.69. The summed E-state index contributed by atoms with van der Waals surface area (Å²) in [5, 5.41) is 9.36. The van der Waals surface area contributed by atoms with Crippen LogP contribution in [0.5, 0.6) is 0 Å². The Balaban J connectivity index is 1.53. The Hall–Kier alpha value is -3.57. The summed E-state index contributed by atoms with van der Waals surface area (Å²) in [6.07, 6.45) is -1.76. The van der Waals surface area contributed by atoms with Gasteiger partial charge < -0.3 is 9.42 Å². The van der Waals surface area contributed by atoms with Crippen LogP contribution in [0, 0.1) is 0 Å². The maximum atomic E-state index is 12.7. The third-order valence-corrected chi connectivity index (χ3v) is 4.76. The first-order valence-corrected chi connectivity index (χ1v) is 9.03. The number of amides is 1. The molecule has 4 rings (SSSR count). The van der Waals surface area contributed by atoms with Gasteiger partial charge in [0.1, 0.15) is 11.4 Å². The third-order valence-electron chi connectivity index (χ3n) is 4.76. The fourth-order valence-corrected chi connectivity index (χ4v) is 3.33. The number of hydrogen-bond acceptors (Lipinski definition) is 7. The van der Waals surface area contributed by atoms with Gasteiger partial charge in [0.05, 0.1) is 0 Å². The summed E-state index contributed by atoms with van der Waals surface area (Å²) in [5.74, 6) is -2.06. The fourth-order valence-electron chi connectivity index (χ4n) is 3.33. The molecule has 0 saturated carbocycles. The molecule has 156 valence electrons. The Labute approximate surface area is 166 Å². The number of likely N-dealkylation sites (tertiary alicyclic amines) is 1. The molecule has 0 aromatic carbocycles. The first-order valence-electron chi connectivity index (χ1n) is 9.03. The van der Waals surface area contributed by atoms with Gasteiger partial charge in [0.2, 0.25) is 5.82 Å². The van der Waals surface area contributed by atoms with Gasteiger partial charge in [-0.05, 0) is 36.6 Å². The molecule has 12 heteroatoms. The standard InChI is InChI=1S/C18H15F3N6O3/c19-18(20,21)17-23-15(26-30-17)13-8-10(5-6-22-13)11-2-1-7-27(9-11)16(29)12-3-4-14(28)25-24-12/h3-6,8,11H,1-2,7,9H2,(H,25,28). The molecule has 0 spiro atoms. The molecule has 1 amide bonds. The van der Waals surface area contributed by atoms with Crippen LogP contribution in [-0.4, -0.2) is 49.2 Å². The molecule has 9 nitrogen and oxygen atoms in total. The van der Waals surface area contributed by atoms with Crippen molar-refractivity contribution in [3.05, 3.63) is 58.0 Å². The van der Waals surface area contributed by atoms with E-state index in [4.69, 9.17) is 0 Å². The van der Waals surface area contributed by atoms with Crippen LogP contribution in [-0.2, 0) is 6.18 Å². The van der Waals surface area contributed by atoms with E-state index in [0.717, 1.165) is 18.4 Å². The smallest absolute Gasteiger partial charge is 0.337 e. The minimum absolute atomic E-state index is 0.0544. The number of hydrogen-bond donors (Lipinski definition) is 1. The lowest BCUT2D eigenvalue weighted by Gasteiger charge is -2.32. The lowest BCUT2D eigenvalue weighted by molar-refractivity contribution is -0.159. The number of carbonyl (C=O) groups is 1. The van der Waals surface area contributed by atoms with Crippen molar-refractivity contribution in [3.8, 4) is 11.5 Å². The third kappa shape index (κ3) is 4.07. The Morgan fingerprint density at radius 1 is 1.27 bits per heavy atom. The predicted octanol–water partition coefficient (Wildman–Crippen LogP) is 2.25. The molecule has 1 aliphatic heterocycles. The second-order valence-electron chi connectivity index (χ2n) is 6.79. The van der Waals surface area contributed by atoms with Gasteiger partial charge in [-0.25, -0.2) is 5.10 Å². The van der Waals surface area contributed by atoms with E-state index in [2.05, 4.69) is 29.8 Å². The van der Waals surface area contributed by atoms with E-state index in [1.165, 1.54) is 18.3 Å². The van der Waals surface area contributed by atoms with Crippen molar-refractivity contribution < 1.29 is 22.5 Å². The quantitative estimate of drug-likeness (QED) is 0.690. The Kier molecular flexibility index (Phi) is 5.06. The van der Waals surface area contributed by atoms with E-state index in [-0.39, 0.29) is 29.0 Å². The van der Waals surface area contributed by atoms with Crippen LogP contribution in [0.1, 0.15) is 40.7 Å². The summed E-state index contributed by atoms with van der Waals surface area (Å²) >= 11 is 0. The van der Waals surface area contributed by atoms with Crippen LogP contribution in [0.15, 0.2) is 39.8 Å². The zero-order valence-electron chi connectivity index (χ0n) is 15.4. The molecule has 4 heterocycles. The van der Waals surface area contributed by atoms with E-state index >= 15 is 0 Å². The highest BCUT2D eigenvalue weighted by molar-refractivity contribution is 5.92. The summed E-state index contributed by atoms with van der Waals surface area (Å²) in [6.45, 7) is 0.928. The lowest BCUT2D eigenvalue weighted by Crippen LogP contribution is -2.39. The number of carbonyl (C=O) groups excluding carboxylic acids is 1. The predicted molar refractivity (Wildman–Crippen MR) is 95.3 cm³/mol. The van der Waals surface area contributed by atoms with Gasteiger partial charge in [-0.2, -0.15) is 23.3 Å². The molecule has 1 saturated heterocycles. The minimum Gasteiger partial charge on any atom is -0.337 e. The molecule has 1 fully saturated rings. The number of aromatic amines is 1. The topological polar surface area (TPSA) is 118 Å². The number of nitrogens with zero attached hydrogens (tertiary/aromatic N) is 5. The molecular formula is C18H15F3N6O3. The average Bonchev–Trinajstić information content (AvgIpc) is 3.25. The Bertz CT molecular complexity index is 1110. The molecule has 0 aliphatic carbocycles. The van der Waals surface area contributed by atoms with Gasteiger partial charge in [0.15, 0.2) is 0 Å². The molecule has 0 radical (unpaired) electrons. The Morgan fingerprint density at radius 3 is 2.80 bits per heavy atom. The number of rotatable bonds is 3. The average molecular weight is 420 g/mol. The summed E-state index contributed by atoms with van der Waals surface area (Å²) < 4.78 is 42.3. The van der Waals surface area contributed by atoms with Crippen molar-refractivity contribution in [2.24, 2.45) is 0 Å². The monoisotopic (exact) mass is 420 g/mol. The zero-order chi connectivity index (χ0) is 21.3. The molecule has 1 N–H and O–H groups in total. The van der Waals surface area contributed by atoms with Crippen LogP contribution in [0.4, 0.5) is 13.2 Å². The van der Waals surface area contributed by atoms with E-state index in [0.29, 0.717) is 13.1 Å². The van der Waals surface area contributed by atoms with E-state index < -0.39 is 17.6 Å². The van der Waals surface area contributed by atoms with Crippen LogP contribution in [0.25, 0.3) is 11.5 Å². The number of pyridine rings is 1. The molecule has 3 aromatic heterocycles. The zero-order valence-corrected chi connectivity index (χ0v) is 15.4. The SMILES string of the molecule is O=C(c1ccc(=O)[nH]n1)N1CCCC(c2ccnc(-c3noc(C(F)(F)F)n3)c2)C1. The maximum absolute atomic E-state index is 12.7. The van der Waals surface area contributed by atoms with Crippen molar-refractivity contribution in [2.75, 3.05) is 13.1 Å². The molecule has 0 bridgehead atoms. The largest absolute Gasteiger partial charge is 0.471 e. The second-order valence-corrected chi connectivity index (χ2v) is 6.79. The molecule has 1 unspecified atom stereocenters. The van der Waals surface area contributed by atoms with Crippen LogP contribution in [0.3, 0.4) is 0 Å². The molecule has 3 aromatic rings. The number of aromatic nitrogens is 5. The highest BCUT2D eigenvalue weighted by Gasteiger charge is 2.38. The molecule has 30 heavy (non-hydrogen) atoms. The van der Waals surface area contributed by atoms with Crippen LogP contribution >= 0.6 is 0 Å². The van der Waals surface area contributed by atoms with Crippen LogP contribution in [0.2, 0.25) is 0 Å². The highest BCUT2D eigenvalue weighted by atomic mass is 19.4. The number of piperidine rings is 1. The molecule has 1 atom stereocenters. The highest BCUT2D eigenvalue weighted by Crippen LogP contribution is 2.31. The minimum atomic E-state index is -4.73. The van der Waals surface area contributed by atoms with Crippen molar-refractivity contribution in [3.63, 3.8) is 0 Å². The van der Waals surface area contributed by atoms with Crippen LogP contribution < -0.4 is 5.56 Å². The number of H-pyrrole nitrogens is 1. The summed E-state index contributed by atoms with van der Waals surface area (Å²) in [7, 11) is 0. The van der Waals surface area contributed by atoms with Crippen molar-refractivity contribution >= 4 is 5.91 Å². The van der Waals surface area contributed by atoms with Gasteiger partial charge in [0.25, 0.3) is 11.5 Å². The van der Waals surface area contributed by atoms with Gasteiger partial charge in [-0.1, -0.05) is 5.16 Å². The van der Waals surface area contributed by atoms with Gasteiger partial charge >= 0.3 is 12.1 Å². The lowest BCUT2D eigenvalue weighted by atomic mass is 9.90. The number of halogens is 3. The molecular weight excluding hydrogens is 405 g/mol. The van der Waals surface area contributed by atoms with E-state index in [9.17, 15) is 22.8 Å². The number of alkyl halides is 3. The van der Waals surface area contributed by atoms with Gasteiger partial charge in [-0.3, -0.25) is 14.6 Å². The van der Waals surface area contributed by atoms with Crippen molar-refractivity contribution in [1.29, 1.82) is 0 Å². The number of nitrogens with one attached hydrogen (secondary N) is 1. The van der Waals surface area contributed by atoms with Crippen molar-refractivity contribution in [2.45, 2.75) is 24.9 Å². The Morgan fingerprint density at radius 2 is 2.10 bits per heavy atom. The first kappa shape index (κ1) is 19.7. The summed E-state index contributed by atoms with van der Waals surface area (Å²) in [5.41, 5.74) is 0.683. The summed E-state index contributed by atoms with van der Waals surface area (Å²) in [6, 6.07) is 5.94. The fraction of sp³-hybridized carbons (Fsp3) is 0.333. The van der Waals surface area contributed by atoms with E-state index in [1.54, 1.807) is 17.0 Å². The summed E-state index contributed by atoms with van der Waals surface area (Å²) in [4.78, 5) is 32.8. The van der Waals surface area contributed by atoms with Gasteiger partial charge in [-0.15, -0.1) is 0 Å². The maximum Gasteiger partial charge on any atom is 0.471 e. The van der Waals surface area contributed by atoms with E-state index in [1.807, 2.05) is 0 Å². The normalized spacial score (nSPS) is 17.2. The van der Waals surface area contributed by atoms with Crippen molar-refractivity contribution in [1.82, 2.24) is 30.2 Å². The van der Waals surface area contributed by atoms with Gasteiger partial charge in [0, 0.05) is 31.3 Å². The molecule has 1 aliphatic rings. The first-order chi connectivity index (χ1) is 14.3.